The number of hydrogen-bond acceptors (Lipinski definition) is 8. The van der Waals surface area contributed by atoms with E-state index >= 15 is 0 Å². The van der Waals surface area contributed by atoms with Crippen LogP contribution in [-0.2, 0) is 9.59 Å². The zero-order valence-electron chi connectivity index (χ0n) is 19.6. The molecule has 0 heterocycles. The summed E-state index contributed by atoms with van der Waals surface area (Å²) >= 11 is 0. The van der Waals surface area contributed by atoms with Crippen LogP contribution < -0.4 is 31.3 Å². The van der Waals surface area contributed by atoms with Gasteiger partial charge in [0.1, 0.15) is 22.9 Å². The first kappa shape index (κ1) is 26.2. The molecular weight excluding hydrogens is 448 g/mol. The van der Waals surface area contributed by atoms with E-state index in [0.717, 1.165) is 6.08 Å². The number of carbonyl (C=O) groups is 2. The first-order chi connectivity index (χ1) is 16.8. The summed E-state index contributed by atoms with van der Waals surface area (Å²) < 4.78 is 10.6. The van der Waals surface area contributed by atoms with E-state index in [9.17, 15) is 9.59 Å². The highest BCUT2D eigenvalue weighted by Gasteiger charge is 2.16. The molecule has 10 nitrogen and oxygen atoms in total. The predicted octanol–water partition coefficient (Wildman–Crippen LogP) is 2.26. The Morgan fingerprint density at radius 1 is 1.09 bits per heavy atom. The van der Waals surface area contributed by atoms with Crippen LogP contribution in [0.15, 0.2) is 71.5 Å². The van der Waals surface area contributed by atoms with E-state index in [4.69, 9.17) is 20.6 Å². The van der Waals surface area contributed by atoms with E-state index in [1.165, 1.54) is 21.3 Å². The third-order valence-electron chi connectivity index (χ3n) is 4.42. The first-order valence-corrected chi connectivity index (χ1v) is 10.2. The predicted molar refractivity (Wildman–Crippen MR) is 137 cm³/mol. The monoisotopic (exact) mass is 474 g/mol. The molecule has 1 amide bonds. The number of anilines is 2. The molecule has 0 aliphatic rings. The van der Waals surface area contributed by atoms with E-state index in [1.807, 2.05) is 0 Å². The highest BCUT2D eigenvalue weighted by Crippen LogP contribution is 2.22. The number of rotatable bonds is 10. The van der Waals surface area contributed by atoms with Crippen LogP contribution in [0, 0.1) is 17.3 Å². The summed E-state index contributed by atoms with van der Waals surface area (Å²) in [7, 11) is 4.59. The van der Waals surface area contributed by atoms with Gasteiger partial charge in [-0.15, -0.1) is 0 Å². The summed E-state index contributed by atoms with van der Waals surface area (Å²) in [5.74, 6) is 6.54. The summed E-state index contributed by atoms with van der Waals surface area (Å²) in [6.45, 7) is 3.42. The molecule has 2 aromatic rings. The molecule has 180 valence electrons. The molecule has 0 atom stereocenters. The molecule has 0 fully saturated rings. The Kier molecular flexibility index (Phi) is 9.63. The maximum atomic E-state index is 11.5. The molecule has 2 aromatic carbocycles. The van der Waals surface area contributed by atoms with Crippen LogP contribution in [0.4, 0.5) is 11.4 Å². The van der Waals surface area contributed by atoms with Crippen molar-refractivity contribution in [1.82, 2.24) is 5.43 Å². The molecule has 6 N–H and O–H groups in total. The van der Waals surface area contributed by atoms with Gasteiger partial charge in [0.05, 0.1) is 19.8 Å². The summed E-state index contributed by atoms with van der Waals surface area (Å²) in [5, 5.41) is 17.8. The highest BCUT2D eigenvalue weighted by molar-refractivity contribution is 6.44. The normalized spacial score (nSPS) is 11.1. The Bertz CT molecular complexity index is 1210. The number of aldehydes is 1. The molecule has 0 radical (unpaired) electrons. The van der Waals surface area contributed by atoms with Crippen LogP contribution in [0.5, 0.6) is 11.5 Å². The fraction of sp³-hybridized carbons (Fsp3) is 0.120. The summed E-state index contributed by atoms with van der Waals surface area (Å²) in [5.41, 5.74) is 9.99. The number of carbonyl (C=O) groups excluding carboxylic acids is 2. The molecule has 0 saturated heterocycles. The van der Waals surface area contributed by atoms with Gasteiger partial charge >= 0.3 is 0 Å². The lowest BCUT2D eigenvalue weighted by atomic mass is 10.1. The smallest absolute Gasteiger partial charge is 0.247 e. The third-order valence-corrected chi connectivity index (χ3v) is 4.42. The minimum Gasteiger partial charge on any atom is -0.497 e. The minimum absolute atomic E-state index is 0.000692. The van der Waals surface area contributed by atoms with Crippen molar-refractivity contribution in [2.45, 2.75) is 0 Å². The SMILES string of the molecule is C=CC(=O)Nc1ccc(N/C(C#Cc2cc(OC)cc(OC)c2)=C(C(=N)C=O)/C(N)=N\NC)cc1. The van der Waals surface area contributed by atoms with Gasteiger partial charge in [-0.2, -0.15) is 5.10 Å². The number of methoxy groups -OCH3 is 2. The highest BCUT2D eigenvalue weighted by atomic mass is 16.5. The summed E-state index contributed by atoms with van der Waals surface area (Å²) in [4.78, 5) is 23.0. The van der Waals surface area contributed by atoms with Gasteiger partial charge in [0.2, 0.25) is 5.91 Å². The quantitative estimate of drug-likeness (QED) is 0.0885. The van der Waals surface area contributed by atoms with Crippen LogP contribution in [0.25, 0.3) is 0 Å². The Labute approximate surface area is 203 Å². The number of nitrogens with one attached hydrogen (secondary N) is 4. The lowest BCUT2D eigenvalue weighted by Gasteiger charge is -2.13. The molecule has 0 bridgehead atoms. The maximum Gasteiger partial charge on any atom is 0.247 e. The Hall–Kier alpha value is -5.04. The van der Waals surface area contributed by atoms with Crippen molar-refractivity contribution >= 4 is 35.1 Å². The fourth-order valence-corrected chi connectivity index (χ4v) is 2.78. The largest absolute Gasteiger partial charge is 0.497 e. The molecule has 10 heteroatoms. The number of amides is 1. The molecule has 0 aliphatic carbocycles. The second kappa shape index (κ2) is 12.9. The van der Waals surface area contributed by atoms with Gasteiger partial charge in [-0.05, 0) is 48.4 Å². The Morgan fingerprint density at radius 3 is 2.14 bits per heavy atom. The number of nitrogens with zero attached hydrogens (tertiary/aromatic N) is 1. The van der Waals surface area contributed by atoms with Crippen molar-refractivity contribution in [3.05, 3.63) is 72.0 Å². The van der Waals surface area contributed by atoms with Crippen molar-refractivity contribution in [3.8, 4) is 23.3 Å². The van der Waals surface area contributed by atoms with Crippen LogP contribution in [0.3, 0.4) is 0 Å². The topological polar surface area (TPSA) is 151 Å². The van der Waals surface area contributed by atoms with E-state index < -0.39 is 5.71 Å². The van der Waals surface area contributed by atoms with E-state index in [2.05, 4.69) is 39.6 Å². The number of benzene rings is 2. The molecule has 2 rings (SSSR count). The van der Waals surface area contributed by atoms with Crippen LogP contribution >= 0.6 is 0 Å². The van der Waals surface area contributed by atoms with Crippen LogP contribution in [-0.4, -0.2) is 45.0 Å². The zero-order chi connectivity index (χ0) is 25.8. The molecule has 35 heavy (non-hydrogen) atoms. The molecule has 0 spiro atoms. The van der Waals surface area contributed by atoms with E-state index in [1.54, 1.807) is 42.5 Å². The van der Waals surface area contributed by atoms with Crippen LogP contribution in [0.1, 0.15) is 5.56 Å². The second-order valence-electron chi connectivity index (χ2n) is 6.75. The summed E-state index contributed by atoms with van der Waals surface area (Å²) in [6.07, 6.45) is 1.51. The number of allylic oxidation sites excluding steroid dienone is 1. The molecule has 0 unspecified atom stereocenters. The Balaban J connectivity index is 2.60. The van der Waals surface area contributed by atoms with Crippen LogP contribution in [0.2, 0.25) is 0 Å². The van der Waals surface area contributed by atoms with Crippen molar-refractivity contribution in [3.63, 3.8) is 0 Å². The summed E-state index contributed by atoms with van der Waals surface area (Å²) in [6, 6.07) is 11.8. The van der Waals surface area contributed by atoms with Gasteiger partial charge in [-0.1, -0.05) is 12.5 Å². The number of hydrazone groups is 1. The van der Waals surface area contributed by atoms with Gasteiger partial charge in [0.25, 0.3) is 0 Å². The van der Waals surface area contributed by atoms with Gasteiger partial charge in [-0.25, -0.2) is 0 Å². The van der Waals surface area contributed by atoms with Gasteiger partial charge in [0.15, 0.2) is 12.1 Å². The third kappa shape index (κ3) is 7.50. The number of amidine groups is 1. The minimum atomic E-state index is -0.420. The average molecular weight is 475 g/mol. The molecular formula is C25H26N6O4. The Morgan fingerprint density at radius 2 is 1.66 bits per heavy atom. The first-order valence-electron chi connectivity index (χ1n) is 10.2. The number of nitrogens with two attached hydrogens (primary N) is 1. The van der Waals surface area contributed by atoms with Crippen molar-refractivity contribution < 1.29 is 19.1 Å². The lowest BCUT2D eigenvalue weighted by molar-refractivity contribution is -0.111. The number of ether oxygens (including phenoxy) is 2. The van der Waals surface area contributed by atoms with Gasteiger partial charge in [-0.3, -0.25) is 15.0 Å². The lowest BCUT2D eigenvalue weighted by Crippen LogP contribution is -2.27. The fourth-order valence-electron chi connectivity index (χ4n) is 2.78. The molecule has 0 aliphatic heterocycles. The molecule has 0 saturated carbocycles. The van der Waals surface area contributed by atoms with Crippen molar-refractivity contribution in [2.75, 3.05) is 31.9 Å². The second-order valence-corrected chi connectivity index (χ2v) is 6.75. The number of hydrogen-bond donors (Lipinski definition) is 5. The van der Waals surface area contributed by atoms with E-state index in [0.29, 0.717) is 34.7 Å². The average Bonchev–Trinajstić information content (AvgIpc) is 2.87. The maximum absolute atomic E-state index is 11.5. The van der Waals surface area contributed by atoms with E-state index in [-0.39, 0.29) is 23.0 Å². The van der Waals surface area contributed by atoms with Crippen molar-refractivity contribution in [2.24, 2.45) is 10.8 Å². The molecule has 0 aromatic heterocycles. The zero-order valence-corrected chi connectivity index (χ0v) is 19.6. The van der Waals surface area contributed by atoms with Gasteiger partial charge < -0.3 is 31.3 Å². The van der Waals surface area contributed by atoms with Crippen molar-refractivity contribution in [1.29, 1.82) is 5.41 Å². The van der Waals surface area contributed by atoms with Gasteiger partial charge in [0, 0.05) is 30.1 Å². The standard InChI is InChI=1S/C25H26N6O4/c1-5-23(33)30-18-9-7-17(8-10-18)29-22(24(21(26)15-32)25(27)31-28-2)11-6-16-12-19(34-3)14-20(13-16)35-4/h5,7-10,12-15,26,28-29H,1H2,2-4H3,(H2,27,31)(H,30,33)/b24-22+,26-21?.